The monoisotopic (exact) mass is 155 g/mol. The lowest BCUT2D eigenvalue weighted by Crippen LogP contribution is -1.78. The van der Waals surface area contributed by atoms with Crippen molar-refractivity contribution in [2.24, 2.45) is 0 Å². The van der Waals surface area contributed by atoms with Crippen molar-refractivity contribution in [1.29, 1.82) is 5.41 Å². The predicted molar refractivity (Wildman–Crippen MR) is 31.8 cm³/mol. The zero-order chi connectivity index (χ0) is 8.57. The Hall–Kier alpha value is -1.00. The summed E-state index contributed by atoms with van der Waals surface area (Å²) >= 11 is 0. The first-order chi connectivity index (χ1) is 4.50. The summed E-state index contributed by atoms with van der Waals surface area (Å²) in [4.78, 5) is 0. The van der Waals surface area contributed by atoms with Crippen molar-refractivity contribution in [2.75, 3.05) is 6.86 Å². The summed E-state index contributed by atoms with van der Waals surface area (Å²) < 4.78 is 35.9. The summed E-state index contributed by atoms with van der Waals surface area (Å²) in [5, 5.41) is 5.83. The van der Waals surface area contributed by atoms with Gasteiger partial charge in [0.2, 0.25) is 6.86 Å². The molecule has 2 nitrogen and oxygen atoms in total. The minimum atomic E-state index is -1.14. The number of rotatable bonds is 2. The first kappa shape index (κ1) is 11.8. The topological polar surface area (TPSA) is 33.1 Å². The van der Waals surface area contributed by atoms with Crippen molar-refractivity contribution in [2.45, 2.75) is 6.92 Å². The Morgan fingerprint density at radius 1 is 1.60 bits per heavy atom. The maximum absolute atomic E-state index is 11.0. The first-order valence-electron chi connectivity index (χ1n) is 2.24. The smallest absolute Gasteiger partial charge is 0.267 e. The van der Waals surface area contributed by atoms with Gasteiger partial charge in [-0.1, -0.05) is 0 Å². The van der Waals surface area contributed by atoms with Crippen molar-refractivity contribution in [3.05, 3.63) is 12.6 Å². The molecule has 0 atom stereocenters. The highest BCUT2D eigenvalue weighted by molar-refractivity contribution is 5.67. The molecule has 0 aromatic rings. The van der Waals surface area contributed by atoms with Crippen LogP contribution in [-0.2, 0) is 4.74 Å². The van der Waals surface area contributed by atoms with Crippen LogP contribution in [0.5, 0.6) is 0 Å². The Morgan fingerprint density at radius 2 is 1.90 bits per heavy atom. The van der Waals surface area contributed by atoms with Crippen LogP contribution in [0.15, 0.2) is 12.6 Å². The molecule has 0 rings (SSSR count). The SMILES string of the molecule is C=C(F)OCF.CC(=N)F. The fraction of sp³-hybridized carbons (Fsp3) is 0.400. The summed E-state index contributed by atoms with van der Waals surface area (Å²) in [5.74, 6) is -0.833. The molecule has 0 radical (unpaired) electrons. The molecule has 0 aliphatic heterocycles. The third-order valence-corrected chi connectivity index (χ3v) is 0.211. The van der Waals surface area contributed by atoms with Gasteiger partial charge >= 0.3 is 0 Å². The Balaban J connectivity index is 0. The number of hydrogen-bond donors (Lipinski definition) is 1. The molecule has 0 aliphatic rings. The van der Waals surface area contributed by atoms with E-state index >= 15 is 0 Å². The Labute approximate surface area is 56.8 Å². The lowest BCUT2D eigenvalue weighted by atomic mass is 10.9. The number of halogens is 3. The van der Waals surface area contributed by atoms with Crippen molar-refractivity contribution in [1.82, 2.24) is 0 Å². The molecule has 0 heterocycles. The van der Waals surface area contributed by atoms with Gasteiger partial charge in [0.15, 0.2) is 5.97 Å². The molecule has 1 N–H and O–H groups in total. The van der Waals surface area contributed by atoms with Crippen LogP contribution in [0.4, 0.5) is 13.2 Å². The minimum absolute atomic E-state index is 0.833. The Kier molecular flexibility index (Phi) is 9.40. The second kappa shape index (κ2) is 8.00. The summed E-state index contributed by atoms with van der Waals surface area (Å²) in [5.41, 5.74) is 0. The van der Waals surface area contributed by atoms with Gasteiger partial charge in [-0.15, -0.1) is 0 Å². The molecule has 5 heteroatoms. The van der Waals surface area contributed by atoms with Crippen LogP contribution in [0.25, 0.3) is 0 Å². The number of alkyl halides is 1. The van der Waals surface area contributed by atoms with E-state index in [1.54, 1.807) is 0 Å². The van der Waals surface area contributed by atoms with Crippen molar-refractivity contribution < 1.29 is 17.9 Å². The van der Waals surface area contributed by atoms with E-state index in [1.807, 2.05) is 0 Å². The van der Waals surface area contributed by atoms with E-state index in [2.05, 4.69) is 11.3 Å². The zero-order valence-corrected chi connectivity index (χ0v) is 5.46. The number of hydrogen-bond acceptors (Lipinski definition) is 2. The number of ether oxygens (including phenoxy) is 1. The summed E-state index contributed by atoms with van der Waals surface area (Å²) in [7, 11) is 0. The van der Waals surface area contributed by atoms with Crippen LogP contribution in [0.2, 0.25) is 0 Å². The van der Waals surface area contributed by atoms with Gasteiger partial charge in [0, 0.05) is 6.92 Å². The molecular weight excluding hydrogens is 147 g/mol. The second-order valence-electron chi connectivity index (χ2n) is 1.14. The lowest BCUT2D eigenvalue weighted by Gasteiger charge is -1.88. The van der Waals surface area contributed by atoms with Gasteiger partial charge < -0.3 is 4.74 Å². The van der Waals surface area contributed by atoms with Gasteiger partial charge in [-0.2, -0.15) is 8.78 Å². The maximum atomic E-state index is 11.0. The van der Waals surface area contributed by atoms with Crippen LogP contribution < -0.4 is 0 Å². The number of nitrogens with one attached hydrogen (secondary N) is 1. The highest BCUT2D eigenvalue weighted by Crippen LogP contribution is 1.90. The van der Waals surface area contributed by atoms with Crippen molar-refractivity contribution in [3.63, 3.8) is 0 Å². The third kappa shape index (κ3) is 63.0. The molecular formula is C5H8F3NO. The van der Waals surface area contributed by atoms with Gasteiger partial charge in [-0.25, -0.2) is 4.39 Å². The fourth-order valence-electron chi connectivity index (χ4n) is 0.0592. The fourth-order valence-corrected chi connectivity index (χ4v) is 0.0592. The molecule has 0 aliphatic carbocycles. The average molecular weight is 155 g/mol. The van der Waals surface area contributed by atoms with E-state index < -0.39 is 18.8 Å². The van der Waals surface area contributed by atoms with E-state index in [-0.39, 0.29) is 0 Å². The molecule has 0 aromatic carbocycles. The van der Waals surface area contributed by atoms with Gasteiger partial charge in [0.05, 0.1) is 0 Å². The van der Waals surface area contributed by atoms with Gasteiger partial charge in [0.25, 0.3) is 6.01 Å². The molecule has 0 saturated carbocycles. The normalized spacial score (nSPS) is 7.20. The second-order valence-corrected chi connectivity index (χ2v) is 1.14. The van der Waals surface area contributed by atoms with E-state index in [1.165, 1.54) is 0 Å². The van der Waals surface area contributed by atoms with Gasteiger partial charge in [0.1, 0.15) is 0 Å². The Bertz CT molecular complexity index is 111. The largest absolute Gasteiger partial charge is 0.439 e. The molecule has 0 fully saturated rings. The summed E-state index contributed by atoms with van der Waals surface area (Å²) in [6.45, 7) is 2.56. The molecule has 60 valence electrons. The molecule has 0 aromatic heterocycles. The lowest BCUT2D eigenvalue weighted by molar-refractivity contribution is 0.0736. The average Bonchev–Trinajstić information content (AvgIpc) is 1.62. The van der Waals surface area contributed by atoms with Crippen LogP contribution in [0.3, 0.4) is 0 Å². The van der Waals surface area contributed by atoms with Gasteiger partial charge in [-0.05, 0) is 6.58 Å². The standard InChI is InChI=1S/C3H4F2O.C2H4FN/c1-3(5)6-2-4;1-2(3)4/h1-2H2;4H,1H3. The predicted octanol–water partition coefficient (Wildman–Crippen LogP) is 2.32. The van der Waals surface area contributed by atoms with Gasteiger partial charge in [-0.3, -0.25) is 5.41 Å². The van der Waals surface area contributed by atoms with E-state index in [9.17, 15) is 13.2 Å². The van der Waals surface area contributed by atoms with Crippen molar-refractivity contribution in [3.8, 4) is 0 Å². The molecule has 0 amide bonds. The van der Waals surface area contributed by atoms with E-state index in [0.29, 0.717) is 0 Å². The molecule has 0 saturated heterocycles. The minimum Gasteiger partial charge on any atom is -0.439 e. The van der Waals surface area contributed by atoms with Crippen LogP contribution in [-0.4, -0.2) is 12.8 Å². The molecule has 10 heavy (non-hydrogen) atoms. The zero-order valence-electron chi connectivity index (χ0n) is 5.46. The third-order valence-electron chi connectivity index (χ3n) is 0.211. The maximum Gasteiger partial charge on any atom is 0.267 e. The van der Waals surface area contributed by atoms with Crippen molar-refractivity contribution >= 4 is 5.97 Å². The first-order valence-corrected chi connectivity index (χ1v) is 2.24. The molecule has 0 spiro atoms. The highest BCUT2D eigenvalue weighted by atomic mass is 19.2. The van der Waals surface area contributed by atoms with E-state index in [0.717, 1.165) is 6.92 Å². The van der Waals surface area contributed by atoms with E-state index in [4.69, 9.17) is 5.41 Å². The quantitative estimate of drug-likeness (QED) is 0.481. The summed E-state index contributed by atoms with van der Waals surface area (Å²) in [6, 6.07) is -1.09. The van der Waals surface area contributed by atoms with Crippen LogP contribution in [0.1, 0.15) is 6.92 Å². The van der Waals surface area contributed by atoms with Crippen LogP contribution >= 0.6 is 0 Å². The van der Waals surface area contributed by atoms with Crippen LogP contribution in [0, 0.1) is 5.41 Å². The Morgan fingerprint density at radius 3 is 1.90 bits per heavy atom. The molecule has 0 bridgehead atoms. The summed E-state index contributed by atoms with van der Waals surface area (Å²) in [6.07, 6.45) is 0. The highest BCUT2D eigenvalue weighted by Gasteiger charge is 1.81. The molecule has 0 unspecified atom stereocenters.